The summed E-state index contributed by atoms with van der Waals surface area (Å²) >= 11 is 1.57. The first-order chi connectivity index (χ1) is 15.2. The van der Waals surface area contributed by atoms with Crippen molar-refractivity contribution in [2.45, 2.75) is 18.2 Å². The molecule has 1 heterocycles. The van der Waals surface area contributed by atoms with Crippen LogP contribution in [0.15, 0.2) is 70.9 Å². The van der Waals surface area contributed by atoms with Gasteiger partial charge >= 0.3 is 0 Å². The Bertz CT molecular complexity index is 1250. The van der Waals surface area contributed by atoms with Crippen LogP contribution in [0.5, 0.6) is 0 Å². The number of rotatable bonds is 10. The highest BCUT2D eigenvalue weighted by molar-refractivity contribution is 7.92. The van der Waals surface area contributed by atoms with Crippen LogP contribution in [0.3, 0.4) is 0 Å². The first-order valence-corrected chi connectivity index (χ1v) is 13.7. The van der Waals surface area contributed by atoms with Crippen molar-refractivity contribution in [3.05, 3.63) is 76.5 Å². The third kappa shape index (κ3) is 6.63. The Morgan fingerprint density at radius 2 is 1.56 bits per heavy atom. The van der Waals surface area contributed by atoms with Gasteiger partial charge in [-0.25, -0.2) is 21.6 Å². The molecule has 0 atom stereocenters. The van der Waals surface area contributed by atoms with E-state index in [9.17, 15) is 21.6 Å². The SMILES string of the molecule is CCS(=O)(=O)Nc1ccc(NC(=O)c2ccc(S(=O)(=O)NCCc3cccs3)cc2)cc1. The lowest BCUT2D eigenvalue weighted by Crippen LogP contribution is -2.26. The molecule has 2 aromatic carbocycles. The number of sulfonamides is 2. The molecule has 3 N–H and O–H groups in total. The molecule has 8 nitrogen and oxygen atoms in total. The number of carbonyl (C=O) groups excluding carboxylic acids is 1. The fourth-order valence-corrected chi connectivity index (χ4v) is 5.09. The van der Waals surface area contributed by atoms with E-state index in [1.54, 1.807) is 35.6 Å². The number of hydrogen-bond acceptors (Lipinski definition) is 6. The normalized spacial score (nSPS) is 11.8. The number of thiophene rings is 1. The van der Waals surface area contributed by atoms with Gasteiger partial charge in [0.2, 0.25) is 20.0 Å². The molecule has 0 aliphatic heterocycles. The zero-order chi connectivity index (χ0) is 23.2. The van der Waals surface area contributed by atoms with E-state index in [0.29, 0.717) is 23.4 Å². The van der Waals surface area contributed by atoms with E-state index in [4.69, 9.17) is 0 Å². The smallest absolute Gasteiger partial charge is 0.255 e. The lowest BCUT2D eigenvalue weighted by molar-refractivity contribution is 0.102. The Morgan fingerprint density at radius 3 is 2.16 bits per heavy atom. The van der Waals surface area contributed by atoms with Gasteiger partial charge in [0.25, 0.3) is 5.91 Å². The van der Waals surface area contributed by atoms with E-state index in [1.807, 2.05) is 17.5 Å². The van der Waals surface area contributed by atoms with Gasteiger partial charge in [0.05, 0.1) is 10.6 Å². The van der Waals surface area contributed by atoms with Crippen molar-refractivity contribution in [2.24, 2.45) is 0 Å². The van der Waals surface area contributed by atoms with Crippen LogP contribution >= 0.6 is 11.3 Å². The van der Waals surface area contributed by atoms with Crippen molar-refractivity contribution >= 4 is 48.7 Å². The maximum Gasteiger partial charge on any atom is 0.255 e. The minimum absolute atomic E-state index is 0.0403. The number of nitrogens with one attached hydrogen (secondary N) is 3. The fraction of sp³-hybridized carbons (Fsp3) is 0.190. The van der Waals surface area contributed by atoms with Crippen LogP contribution < -0.4 is 14.8 Å². The van der Waals surface area contributed by atoms with Gasteiger partial charge in [-0.3, -0.25) is 9.52 Å². The monoisotopic (exact) mass is 493 g/mol. The maximum absolute atomic E-state index is 12.5. The van der Waals surface area contributed by atoms with Gasteiger partial charge in [0.1, 0.15) is 0 Å². The summed E-state index contributed by atoms with van der Waals surface area (Å²) < 4.78 is 53.0. The number of benzene rings is 2. The molecule has 0 saturated carbocycles. The zero-order valence-electron chi connectivity index (χ0n) is 17.2. The highest BCUT2D eigenvalue weighted by atomic mass is 32.2. The second kappa shape index (κ2) is 10.3. The molecule has 0 bridgehead atoms. The lowest BCUT2D eigenvalue weighted by Gasteiger charge is -2.09. The average Bonchev–Trinajstić information content (AvgIpc) is 3.28. The van der Waals surface area contributed by atoms with Crippen LogP contribution in [0, 0.1) is 0 Å². The quantitative estimate of drug-likeness (QED) is 0.400. The third-order valence-electron chi connectivity index (χ3n) is 4.47. The van der Waals surface area contributed by atoms with Gasteiger partial charge in [0, 0.05) is 28.4 Å². The molecular formula is C21H23N3O5S3. The average molecular weight is 494 g/mol. The van der Waals surface area contributed by atoms with Gasteiger partial charge < -0.3 is 5.32 Å². The highest BCUT2D eigenvalue weighted by Crippen LogP contribution is 2.17. The molecule has 0 spiro atoms. The predicted octanol–water partition coefficient (Wildman–Crippen LogP) is 3.28. The van der Waals surface area contributed by atoms with Crippen molar-refractivity contribution in [2.75, 3.05) is 22.3 Å². The summed E-state index contributed by atoms with van der Waals surface area (Å²) in [6.45, 7) is 1.82. The summed E-state index contributed by atoms with van der Waals surface area (Å²) in [4.78, 5) is 13.6. The molecule has 1 aromatic heterocycles. The van der Waals surface area contributed by atoms with Crippen LogP contribution in [0.25, 0.3) is 0 Å². The third-order valence-corrected chi connectivity index (χ3v) is 8.19. The summed E-state index contributed by atoms with van der Waals surface area (Å²) in [6.07, 6.45) is 0.607. The summed E-state index contributed by atoms with van der Waals surface area (Å²) in [5.74, 6) is -0.456. The topological polar surface area (TPSA) is 121 Å². The predicted molar refractivity (Wildman–Crippen MR) is 127 cm³/mol. The van der Waals surface area contributed by atoms with Crippen LogP contribution in [0.2, 0.25) is 0 Å². The van der Waals surface area contributed by atoms with Gasteiger partial charge in [-0.05, 0) is 73.3 Å². The van der Waals surface area contributed by atoms with Gasteiger partial charge in [-0.2, -0.15) is 0 Å². The van der Waals surface area contributed by atoms with Gasteiger partial charge in [0.15, 0.2) is 0 Å². The molecule has 32 heavy (non-hydrogen) atoms. The van der Waals surface area contributed by atoms with Crippen molar-refractivity contribution < 1.29 is 21.6 Å². The van der Waals surface area contributed by atoms with E-state index in [2.05, 4.69) is 14.8 Å². The fourth-order valence-electron chi connectivity index (χ4n) is 2.71. The second-order valence-electron chi connectivity index (χ2n) is 6.79. The number of amides is 1. The minimum Gasteiger partial charge on any atom is -0.322 e. The molecule has 1 amide bonds. The number of carbonyl (C=O) groups is 1. The Labute approximate surface area is 191 Å². The van der Waals surface area contributed by atoms with E-state index in [1.165, 1.54) is 31.2 Å². The molecule has 0 saturated heterocycles. The van der Waals surface area contributed by atoms with Crippen molar-refractivity contribution in [3.63, 3.8) is 0 Å². The molecule has 3 rings (SSSR count). The first kappa shape index (κ1) is 23.9. The first-order valence-electron chi connectivity index (χ1n) is 9.72. The van der Waals surface area contributed by atoms with Gasteiger partial charge in [-0.15, -0.1) is 11.3 Å². The number of anilines is 2. The molecule has 3 aromatic rings. The maximum atomic E-state index is 12.5. The van der Waals surface area contributed by atoms with Crippen LogP contribution in [0.4, 0.5) is 11.4 Å². The van der Waals surface area contributed by atoms with Crippen LogP contribution in [-0.4, -0.2) is 35.0 Å². The van der Waals surface area contributed by atoms with E-state index < -0.39 is 26.0 Å². The molecule has 0 aliphatic rings. The minimum atomic E-state index is -3.67. The highest BCUT2D eigenvalue weighted by Gasteiger charge is 2.15. The van der Waals surface area contributed by atoms with E-state index >= 15 is 0 Å². The molecular weight excluding hydrogens is 470 g/mol. The molecule has 0 unspecified atom stereocenters. The van der Waals surface area contributed by atoms with E-state index in [-0.39, 0.29) is 17.2 Å². The molecule has 0 aliphatic carbocycles. The van der Waals surface area contributed by atoms with Crippen LogP contribution in [-0.2, 0) is 26.5 Å². The molecule has 0 radical (unpaired) electrons. The summed E-state index contributed by atoms with van der Waals surface area (Å²) in [5, 5.41) is 4.63. The molecule has 0 fully saturated rings. The second-order valence-corrected chi connectivity index (χ2v) is 11.6. The Hall–Kier alpha value is -2.73. The lowest BCUT2D eigenvalue weighted by atomic mass is 10.2. The summed E-state index contributed by atoms with van der Waals surface area (Å²) in [6, 6.07) is 15.7. The van der Waals surface area contributed by atoms with Crippen molar-refractivity contribution in [1.82, 2.24) is 4.72 Å². The molecule has 11 heteroatoms. The summed E-state index contributed by atoms with van der Waals surface area (Å²) in [5.41, 5.74) is 1.16. The van der Waals surface area contributed by atoms with E-state index in [0.717, 1.165) is 4.88 Å². The Kier molecular flexibility index (Phi) is 7.67. The van der Waals surface area contributed by atoms with Gasteiger partial charge in [-0.1, -0.05) is 6.07 Å². The summed E-state index contributed by atoms with van der Waals surface area (Å²) in [7, 11) is -7.05. The standard InChI is InChI=1S/C21H23N3O5S3/c1-2-31(26,27)24-18-9-7-17(8-10-18)23-21(25)16-5-11-20(12-6-16)32(28,29)22-14-13-19-4-3-15-30-19/h3-12,15,22,24H,2,13-14H2,1H3,(H,23,25). The Balaban J connectivity index is 1.58. The van der Waals surface area contributed by atoms with Crippen molar-refractivity contribution in [3.8, 4) is 0 Å². The Morgan fingerprint density at radius 1 is 0.906 bits per heavy atom. The zero-order valence-corrected chi connectivity index (χ0v) is 19.7. The number of hydrogen-bond donors (Lipinski definition) is 3. The molecule has 170 valence electrons. The largest absolute Gasteiger partial charge is 0.322 e. The van der Waals surface area contributed by atoms with Crippen molar-refractivity contribution in [1.29, 1.82) is 0 Å². The van der Waals surface area contributed by atoms with Crippen LogP contribution in [0.1, 0.15) is 22.2 Å².